The van der Waals surface area contributed by atoms with Crippen LogP contribution in [0, 0.1) is 0 Å². The number of benzene rings is 2. The van der Waals surface area contributed by atoms with Crippen LogP contribution in [0.4, 0.5) is 16.3 Å². The molecule has 2 aromatic heterocycles. The lowest BCUT2D eigenvalue weighted by molar-refractivity contribution is 0.262. The van der Waals surface area contributed by atoms with Gasteiger partial charge < -0.3 is 24.1 Å². The molecular formula is C24H27N5O5. The van der Waals surface area contributed by atoms with E-state index in [9.17, 15) is 4.79 Å². The van der Waals surface area contributed by atoms with E-state index in [2.05, 4.69) is 25.8 Å². The van der Waals surface area contributed by atoms with Crippen LogP contribution in [0.25, 0.3) is 10.9 Å². The summed E-state index contributed by atoms with van der Waals surface area (Å²) in [5.74, 6) is 3.10. The second-order valence-corrected chi connectivity index (χ2v) is 7.38. The van der Waals surface area contributed by atoms with Crippen molar-refractivity contribution < 1.29 is 23.5 Å². The minimum atomic E-state index is -0.458. The normalized spacial score (nSPS) is 10.5. The average molecular weight is 466 g/mol. The molecule has 0 saturated carbocycles. The number of anilines is 2. The number of aromatic nitrogens is 3. The van der Waals surface area contributed by atoms with Gasteiger partial charge in [0, 0.05) is 29.8 Å². The van der Waals surface area contributed by atoms with Crippen molar-refractivity contribution in [3.63, 3.8) is 0 Å². The standard InChI is InChI=1S/C23H23N5O5.CH4/c1-13(2)18-11-21(28-33-18)27-23(29)26-14-6-5-7-15(8-14)32-22-16-9-19(30-3)20(31-4)10-17(16)24-12-25-22;/h5-13H,1-4H3,(H2,26,27,28,29);1H4. The van der Waals surface area contributed by atoms with Crippen LogP contribution in [0.1, 0.15) is 33.0 Å². The predicted molar refractivity (Wildman–Crippen MR) is 129 cm³/mol. The number of hydrogen-bond donors (Lipinski definition) is 2. The lowest BCUT2D eigenvalue weighted by Crippen LogP contribution is -2.19. The fourth-order valence-electron chi connectivity index (χ4n) is 3.09. The highest BCUT2D eigenvalue weighted by atomic mass is 16.5. The van der Waals surface area contributed by atoms with E-state index in [0.29, 0.717) is 51.3 Å². The van der Waals surface area contributed by atoms with Crippen molar-refractivity contribution in [1.82, 2.24) is 15.1 Å². The van der Waals surface area contributed by atoms with Crippen LogP contribution in [0.15, 0.2) is 53.3 Å². The first-order valence-electron chi connectivity index (χ1n) is 10.2. The van der Waals surface area contributed by atoms with Gasteiger partial charge in [0.1, 0.15) is 17.8 Å². The summed E-state index contributed by atoms with van der Waals surface area (Å²) in [6.45, 7) is 3.95. The van der Waals surface area contributed by atoms with Gasteiger partial charge in [-0.2, -0.15) is 0 Å². The molecule has 4 rings (SSSR count). The number of amides is 2. The molecule has 0 aliphatic heterocycles. The molecule has 178 valence electrons. The molecule has 34 heavy (non-hydrogen) atoms. The Labute approximate surface area is 197 Å². The Morgan fingerprint density at radius 1 is 1.00 bits per heavy atom. The van der Waals surface area contributed by atoms with Gasteiger partial charge >= 0.3 is 6.03 Å². The number of nitrogens with zero attached hydrogens (tertiary/aromatic N) is 3. The van der Waals surface area contributed by atoms with E-state index in [-0.39, 0.29) is 13.3 Å². The molecule has 0 spiro atoms. The molecule has 10 nitrogen and oxygen atoms in total. The Hall–Kier alpha value is -4.34. The quantitative estimate of drug-likeness (QED) is 0.350. The van der Waals surface area contributed by atoms with Gasteiger partial charge in [0.2, 0.25) is 5.88 Å². The minimum Gasteiger partial charge on any atom is -0.493 e. The summed E-state index contributed by atoms with van der Waals surface area (Å²) in [7, 11) is 3.11. The van der Waals surface area contributed by atoms with Gasteiger partial charge in [-0.05, 0) is 18.2 Å². The molecular weight excluding hydrogens is 438 g/mol. The molecule has 0 radical (unpaired) electrons. The zero-order valence-electron chi connectivity index (χ0n) is 18.6. The molecule has 0 aliphatic carbocycles. The predicted octanol–water partition coefficient (Wildman–Crippen LogP) is 5.83. The number of carbonyl (C=O) groups excluding carboxylic acids is 1. The first-order chi connectivity index (χ1) is 16.0. The van der Waals surface area contributed by atoms with E-state index in [0.717, 1.165) is 0 Å². The van der Waals surface area contributed by atoms with E-state index < -0.39 is 6.03 Å². The summed E-state index contributed by atoms with van der Waals surface area (Å²) in [6.07, 6.45) is 1.41. The van der Waals surface area contributed by atoms with Crippen molar-refractivity contribution in [2.45, 2.75) is 27.2 Å². The van der Waals surface area contributed by atoms with Crippen molar-refractivity contribution >= 4 is 28.4 Å². The van der Waals surface area contributed by atoms with Gasteiger partial charge in [-0.25, -0.2) is 14.8 Å². The van der Waals surface area contributed by atoms with Crippen molar-refractivity contribution in [2.75, 3.05) is 24.9 Å². The maximum absolute atomic E-state index is 12.3. The molecule has 0 aliphatic rings. The second kappa shape index (κ2) is 10.5. The van der Waals surface area contributed by atoms with Crippen LogP contribution < -0.4 is 24.8 Å². The molecule has 0 unspecified atom stereocenters. The van der Waals surface area contributed by atoms with Gasteiger partial charge in [0.05, 0.1) is 25.1 Å². The Morgan fingerprint density at radius 2 is 1.76 bits per heavy atom. The van der Waals surface area contributed by atoms with Crippen molar-refractivity contribution in [3.05, 3.63) is 54.6 Å². The summed E-state index contributed by atoms with van der Waals surface area (Å²) < 4.78 is 21.9. The van der Waals surface area contributed by atoms with E-state index in [1.165, 1.54) is 6.33 Å². The zero-order chi connectivity index (χ0) is 23.4. The van der Waals surface area contributed by atoms with Crippen LogP contribution in [0.5, 0.6) is 23.1 Å². The number of rotatable bonds is 7. The van der Waals surface area contributed by atoms with Gasteiger partial charge in [0.15, 0.2) is 17.3 Å². The molecule has 0 fully saturated rings. The molecule has 2 amide bonds. The topological polar surface area (TPSA) is 121 Å². The van der Waals surface area contributed by atoms with Crippen molar-refractivity contribution in [1.29, 1.82) is 0 Å². The van der Waals surface area contributed by atoms with Gasteiger partial charge in [-0.1, -0.05) is 32.5 Å². The SMILES string of the molecule is C.COc1cc2ncnc(Oc3cccc(NC(=O)Nc4cc(C(C)C)on4)c3)c2cc1OC. The third-order valence-electron chi connectivity index (χ3n) is 4.75. The largest absolute Gasteiger partial charge is 0.493 e. The Bertz CT molecular complexity index is 1290. The first kappa shape index (κ1) is 24.3. The van der Waals surface area contributed by atoms with Crippen LogP contribution >= 0.6 is 0 Å². The third kappa shape index (κ3) is 5.34. The summed E-state index contributed by atoms with van der Waals surface area (Å²) in [5.41, 5.74) is 1.16. The van der Waals surface area contributed by atoms with Gasteiger partial charge in [-0.3, -0.25) is 5.32 Å². The Kier molecular flexibility index (Phi) is 7.52. The molecule has 0 atom stereocenters. The fraction of sp³-hybridized carbons (Fsp3) is 0.250. The van der Waals surface area contributed by atoms with Crippen LogP contribution in [0.2, 0.25) is 0 Å². The number of urea groups is 1. The highest BCUT2D eigenvalue weighted by Crippen LogP contribution is 2.36. The van der Waals surface area contributed by atoms with Crippen LogP contribution in [-0.4, -0.2) is 35.4 Å². The number of nitrogens with one attached hydrogen (secondary N) is 2. The molecule has 0 saturated heterocycles. The smallest absolute Gasteiger partial charge is 0.324 e. The number of fused-ring (bicyclic) bond motifs is 1. The average Bonchev–Trinajstić information content (AvgIpc) is 3.27. The first-order valence-corrected chi connectivity index (χ1v) is 10.2. The van der Waals surface area contributed by atoms with E-state index in [4.69, 9.17) is 18.7 Å². The number of carbonyl (C=O) groups is 1. The van der Waals surface area contributed by atoms with E-state index in [1.807, 2.05) is 13.8 Å². The van der Waals surface area contributed by atoms with Crippen LogP contribution in [-0.2, 0) is 0 Å². The second-order valence-electron chi connectivity index (χ2n) is 7.38. The molecule has 2 N–H and O–H groups in total. The number of ether oxygens (including phenoxy) is 3. The van der Waals surface area contributed by atoms with Crippen LogP contribution in [0.3, 0.4) is 0 Å². The van der Waals surface area contributed by atoms with Crippen molar-refractivity contribution in [2.24, 2.45) is 0 Å². The lowest BCUT2D eigenvalue weighted by atomic mass is 10.2. The number of methoxy groups -OCH3 is 2. The summed E-state index contributed by atoms with van der Waals surface area (Å²) in [5, 5.41) is 9.88. The minimum absolute atomic E-state index is 0. The maximum atomic E-state index is 12.3. The summed E-state index contributed by atoms with van der Waals surface area (Å²) in [4.78, 5) is 20.9. The molecule has 0 bridgehead atoms. The number of hydrogen-bond acceptors (Lipinski definition) is 8. The highest BCUT2D eigenvalue weighted by molar-refractivity contribution is 5.99. The molecule has 2 aromatic carbocycles. The highest BCUT2D eigenvalue weighted by Gasteiger charge is 2.14. The maximum Gasteiger partial charge on any atom is 0.324 e. The lowest BCUT2D eigenvalue weighted by Gasteiger charge is -2.12. The molecule has 2 heterocycles. The Balaban J connectivity index is 0.00000324. The van der Waals surface area contributed by atoms with Crippen molar-refractivity contribution in [3.8, 4) is 23.1 Å². The molecule has 10 heteroatoms. The summed E-state index contributed by atoms with van der Waals surface area (Å²) in [6, 6.07) is 11.7. The van der Waals surface area contributed by atoms with Gasteiger partial charge in [-0.15, -0.1) is 0 Å². The fourth-order valence-corrected chi connectivity index (χ4v) is 3.09. The summed E-state index contributed by atoms with van der Waals surface area (Å²) >= 11 is 0. The third-order valence-corrected chi connectivity index (χ3v) is 4.75. The van der Waals surface area contributed by atoms with E-state index >= 15 is 0 Å². The van der Waals surface area contributed by atoms with Gasteiger partial charge in [0.25, 0.3) is 0 Å². The molecule has 4 aromatic rings. The van der Waals surface area contributed by atoms with E-state index in [1.54, 1.807) is 56.7 Å². The monoisotopic (exact) mass is 465 g/mol. The zero-order valence-corrected chi connectivity index (χ0v) is 18.6. The Morgan fingerprint density at radius 3 is 2.47 bits per heavy atom.